The molecular weight excluding hydrogens is 406 g/mol. The number of nitriles is 2. The zero-order valence-electron chi connectivity index (χ0n) is 18.4. The second-order valence-electron chi connectivity index (χ2n) is 9.73. The normalized spacial score (nSPS) is 27.2. The van der Waals surface area contributed by atoms with Crippen molar-refractivity contribution in [2.75, 3.05) is 4.90 Å². The molecule has 0 radical (unpaired) electrons. The molecule has 4 heteroatoms. The topological polar surface area (TPSA) is 67.9 Å². The molecule has 2 aromatic rings. The Morgan fingerprint density at radius 2 is 1.55 bits per heavy atom. The minimum atomic E-state index is -0.298. The molecule has 2 aromatic carbocycles. The highest BCUT2D eigenvalue weighted by atomic mass is 16.1. The number of anilines is 1. The van der Waals surface area contributed by atoms with E-state index in [4.69, 9.17) is 0 Å². The van der Waals surface area contributed by atoms with Crippen molar-refractivity contribution < 1.29 is 4.79 Å². The summed E-state index contributed by atoms with van der Waals surface area (Å²) in [6.45, 7) is 0. The van der Waals surface area contributed by atoms with Crippen LogP contribution in [0.1, 0.15) is 42.7 Å². The zero-order chi connectivity index (χ0) is 22.5. The van der Waals surface area contributed by atoms with E-state index in [1.165, 1.54) is 0 Å². The maximum atomic E-state index is 13.9. The van der Waals surface area contributed by atoms with E-state index < -0.39 is 0 Å². The first-order valence-electron chi connectivity index (χ1n) is 11.9. The predicted molar refractivity (Wildman–Crippen MR) is 127 cm³/mol. The van der Waals surface area contributed by atoms with Gasteiger partial charge in [0.25, 0.3) is 0 Å². The molecule has 0 unspecified atom stereocenters. The van der Waals surface area contributed by atoms with Gasteiger partial charge in [-0.2, -0.15) is 10.5 Å². The Hall–Kier alpha value is -3.63. The van der Waals surface area contributed by atoms with Crippen molar-refractivity contribution in [2.45, 2.75) is 43.7 Å². The van der Waals surface area contributed by atoms with Gasteiger partial charge in [0.1, 0.15) is 17.7 Å². The number of carbonyl (C=O) groups excluding carboxylic acids is 1. The fourth-order valence-corrected chi connectivity index (χ4v) is 6.09. The van der Waals surface area contributed by atoms with E-state index in [1.807, 2.05) is 30.3 Å². The first-order chi connectivity index (χ1) is 16.2. The lowest BCUT2D eigenvalue weighted by molar-refractivity contribution is -0.121. The number of rotatable bonds is 5. The van der Waals surface area contributed by atoms with Gasteiger partial charge < -0.3 is 4.90 Å². The highest BCUT2D eigenvalue weighted by Crippen LogP contribution is 2.57. The van der Waals surface area contributed by atoms with Crippen LogP contribution >= 0.6 is 0 Å². The third-order valence-corrected chi connectivity index (χ3v) is 7.75. The molecule has 4 nitrogen and oxygen atoms in total. The van der Waals surface area contributed by atoms with E-state index in [9.17, 15) is 15.3 Å². The van der Waals surface area contributed by atoms with Gasteiger partial charge in [-0.1, -0.05) is 60.7 Å². The number of ketones is 1. The fourth-order valence-electron chi connectivity index (χ4n) is 6.09. The number of hydrogen-bond acceptors (Lipinski definition) is 4. The summed E-state index contributed by atoms with van der Waals surface area (Å²) >= 11 is 0. The summed E-state index contributed by atoms with van der Waals surface area (Å²) in [6, 6.07) is 22.6. The molecule has 4 aliphatic rings. The van der Waals surface area contributed by atoms with Crippen LogP contribution in [0.3, 0.4) is 0 Å². The van der Waals surface area contributed by atoms with Gasteiger partial charge in [-0.25, -0.2) is 0 Å². The molecule has 0 aromatic heterocycles. The van der Waals surface area contributed by atoms with Crippen molar-refractivity contribution in [1.29, 1.82) is 10.5 Å². The summed E-state index contributed by atoms with van der Waals surface area (Å²) in [5, 5.41) is 19.8. The van der Waals surface area contributed by atoms with E-state index >= 15 is 0 Å². The minimum Gasteiger partial charge on any atom is -0.353 e. The Kier molecular flexibility index (Phi) is 4.70. The minimum absolute atomic E-state index is 0.0508. The van der Waals surface area contributed by atoms with Gasteiger partial charge in [0.2, 0.25) is 0 Å². The van der Waals surface area contributed by atoms with Crippen molar-refractivity contribution in [2.24, 2.45) is 17.8 Å². The zero-order valence-corrected chi connectivity index (χ0v) is 18.4. The first-order valence-corrected chi connectivity index (χ1v) is 11.9. The van der Waals surface area contributed by atoms with Crippen LogP contribution in [0.25, 0.3) is 6.08 Å². The van der Waals surface area contributed by atoms with Gasteiger partial charge in [-0.05, 0) is 54.4 Å². The summed E-state index contributed by atoms with van der Waals surface area (Å²) in [5.74, 6) is 0.530. The molecule has 0 N–H and O–H groups in total. The maximum Gasteiger partial charge on any atom is 0.158 e. The van der Waals surface area contributed by atoms with Crippen LogP contribution in [-0.4, -0.2) is 17.9 Å². The maximum absolute atomic E-state index is 13.9. The number of benzene rings is 2. The van der Waals surface area contributed by atoms with Gasteiger partial charge in [-0.3, -0.25) is 4.79 Å². The number of fused-ring (bicyclic) bond motifs is 3. The monoisotopic (exact) mass is 431 g/mol. The molecule has 33 heavy (non-hydrogen) atoms. The average molecular weight is 432 g/mol. The number of carbonyl (C=O) groups is 1. The van der Waals surface area contributed by atoms with Crippen LogP contribution in [0, 0.1) is 40.4 Å². The Labute approximate surface area is 194 Å². The number of hydrogen-bond donors (Lipinski definition) is 0. The Bertz CT molecular complexity index is 1240. The van der Waals surface area contributed by atoms with Crippen LogP contribution < -0.4 is 4.90 Å². The van der Waals surface area contributed by atoms with E-state index in [1.54, 1.807) is 0 Å². The quantitative estimate of drug-likeness (QED) is 0.594. The number of Topliss-reactive ketones (excluding diaryl/α,β-unsaturated/α-hetero) is 1. The van der Waals surface area contributed by atoms with Crippen LogP contribution in [0.4, 0.5) is 5.69 Å². The Balaban J connectivity index is 1.61. The van der Waals surface area contributed by atoms with Crippen LogP contribution in [0.2, 0.25) is 0 Å². The van der Waals surface area contributed by atoms with Crippen molar-refractivity contribution in [3.05, 3.63) is 82.9 Å². The number of nitrogens with zero attached hydrogens (tertiary/aromatic N) is 3. The second kappa shape index (κ2) is 7.75. The molecule has 2 aliphatic heterocycles. The molecule has 2 heterocycles. The Morgan fingerprint density at radius 3 is 2.21 bits per heavy atom. The molecule has 4 atom stereocenters. The molecule has 0 amide bonds. The Morgan fingerprint density at radius 1 is 0.879 bits per heavy atom. The van der Waals surface area contributed by atoms with Crippen LogP contribution in [0.15, 0.2) is 71.8 Å². The molecule has 2 aliphatic carbocycles. The van der Waals surface area contributed by atoms with E-state index in [2.05, 4.69) is 53.5 Å². The summed E-state index contributed by atoms with van der Waals surface area (Å²) < 4.78 is 0. The second-order valence-corrected chi connectivity index (χ2v) is 9.73. The molecule has 0 spiro atoms. The SMILES string of the molecule is N#CC(C#N)=C(C1CC1)[C@@H]1[C@H](c2ccccc2)[C@@H](C(=O)C2CC2)N2c3ccccc3C=C[C@H]12. The van der Waals surface area contributed by atoms with Crippen molar-refractivity contribution in [1.82, 2.24) is 0 Å². The van der Waals surface area contributed by atoms with Crippen LogP contribution in [0.5, 0.6) is 0 Å². The van der Waals surface area contributed by atoms with Crippen molar-refractivity contribution in [3.8, 4) is 12.1 Å². The van der Waals surface area contributed by atoms with E-state index in [-0.39, 0.29) is 41.3 Å². The summed E-state index contributed by atoms with van der Waals surface area (Å²) in [5.41, 5.74) is 4.54. The lowest BCUT2D eigenvalue weighted by Gasteiger charge is -2.36. The molecular formula is C29H25N3O. The molecule has 3 fully saturated rings. The summed E-state index contributed by atoms with van der Waals surface area (Å²) in [6.07, 6.45) is 8.30. The molecule has 0 bridgehead atoms. The standard InChI is InChI=1S/C29H25N3O/c30-16-22(17-31)25(20-10-11-20)27-24-15-14-18-6-4-5-9-23(18)32(24)28(29(33)21-12-13-21)26(27)19-7-2-1-3-8-19/h1-9,14-15,20-21,24,26-28H,10-13H2/t24-,26+,27-,28+/m1/s1. The van der Waals surface area contributed by atoms with E-state index in [0.29, 0.717) is 5.78 Å². The highest BCUT2D eigenvalue weighted by Gasteiger charge is 2.57. The van der Waals surface area contributed by atoms with Crippen LogP contribution in [-0.2, 0) is 4.79 Å². The smallest absolute Gasteiger partial charge is 0.158 e. The lowest BCUT2D eigenvalue weighted by atomic mass is 9.73. The van der Waals surface area contributed by atoms with Crippen molar-refractivity contribution >= 4 is 17.5 Å². The van der Waals surface area contributed by atoms with Gasteiger partial charge in [-0.15, -0.1) is 0 Å². The molecule has 162 valence electrons. The van der Waals surface area contributed by atoms with Gasteiger partial charge in [0.15, 0.2) is 5.78 Å². The largest absolute Gasteiger partial charge is 0.353 e. The van der Waals surface area contributed by atoms with Gasteiger partial charge >= 0.3 is 0 Å². The van der Waals surface area contributed by atoms with Gasteiger partial charge in [0.05, 0.1) is 12.1 Å². The predicted octanol–water partition coefficient (Wildman–Crippen LogP) is 5.40. The lowest BCUT2D eigenvalue weighted by Crippen LogP contribution is -2.44. The fraction of sp³-hybridized carbons (Fsp3) is 0.345. The molecule has 6 rings (SSSR count). The third-order valence-electron chi connectivity index (χ3n) is 7.75. The van der Waals surface area contributed by atoms with E-state index in [0.717, 1.165) is 48.1 Å². The summed E-state index contributed by atoms with van der Waals surface area (Å²) in [7, 11) is 0. The first kappa shape index (κ1) is 20.0. The van der Waals surface area contributed by atoms with Crippen molar-refractivity contribution in [3.63, 3.8) is 0 Å². The molecule has 2 saturated carbocycles. The highest BCUT2D eigenvalue weighted by molar-refractivity contribution is 5.95. The third kappa shape index (κ3) is 3.21. The molecule has 1 saturated heterocycles. The number of allylic oxidation sites excluding steroid dienone is 1. The average Bonchev–Trinajstić information content (AvgIpc) is 3.78. The van der Waals surface area contributed by atoms with Gasteiger partial charge in [0, 0.05) is 23.4 Å². The number of para-hydroxylation sites is 1. The summed E-state index contributed by atoms with van der Waals surface area (Å²) in [4.78, 5) is 16.2.